The number of allylic oxidation sites excluding steroid dienone is 1. The number of thiol groups is 1. The van der Waals surface area contributed by atoms with E-state index in [9.17, 15) is 0 Å². The Hall–Kier alpha value is 0.0100. The van der Waals surface area contributed by atoms with E-state index in [0.29, 0.717) is 5.92 Å². The summed E-state index contributed by atoms with van der Waals surface area (Å²) in [5.41, 5.74) is 1.43. The standard InChI is InChI=1S/C15H26O2.C10H22S/c1-12(2)8-10-16-14(3,4)13-7-5-6-9-15(13)11-17-15;1-2-3-4-5-6-7-8-9-10-11/h8,13H,5-7,9-11H2,1-4H3;11H,2-10H2,1H3. The Balaban J connectivity index is 0.000000311. The zero-order valence-corrected chi connectivity index (χ0v) is 20.4. The van der Waals surface area contributed by atoms with Crippen molar-refractivity contribution in [1.82, 2.24) is 0 Å². The monoisotopic (exact) mass is 412 g/mol. The molecule has 2 nitrogen and oxygen atoms in total. The van der Waals surface area contributed by atoms with Gasteiger partial charge in [0.05, 0.1) is 24.4 Å². The van der Waals surface area contributed by atoms with Crippen molar-refractivity contribution < 1.29 is 9.47 Å². The number of hydrogen-bond donors (Lipinski definition) is 1. The van der Waals surface area contributed by atoms with Crippen LogP contribution >= 0.6 is 12.6 Å². The summed E-state index contributed by atoms with van der Waals surface area (Å²) >= 11 is 4.18. The molecular weight excluding hydrogens is 364 g/mol. The van der Waals surface area contributed by atoms with E-state index < -0.39 is 0 Å². The smallest absolute Gasteiger partial charge is 0.0971 e. The minimum absolute atomic E-state index is 0.0666. The maximum atomic E-state index is 6.10. The lowest BCUT2D eigenvalue weighted by atomic mass is 9.71. The molecule has 1 heterocycles. The van der Waals surface area contributed by atoms with Crippen molar-refractivity contribution in [3.05, 3.63) is 11.6 Å². The molecule has 1 spiro atoms. The molecule has 3 heteroatoms. The van der Waals surface area contributed by atoms with Crippen molar-refractivity contribution in [1.29, 1.82) is 0 Å². The van der Waals surface area contributed by atoms with Crippen LogP contribution in [0.4, 0.5) is 0 Å². The fourth-order valence-electron chi connectivity index (χ4n) is 4.40. The lowest BCUT2D eigenvalue weighted by Gasteiger charge is -2.40. The third-order valence-corrected chi connectivity index (χ3v) is 6.61. The van der Waals surface area contributed by atoms with E-state index in [1.54, 1.807) is 0 Å². The summed E-state index contributed by atoms with van der Waals surface area (Å²) in [6.07, 6.45) is 18.5. The van der Waals surface area contributed by atoms with Crippen LogP contribution in [0.2, 0.25) is 0 Å². The van der Waals surface area contributed by atoms with E-state index in [0.717, 1.165) is 19.0 Å². The number of ether oxygens (including phenoxy) is 2. The fraction of sp³-hybridized carbons (Fsp3) is 0.920. The highest BCUT2D eigenvalue weighted by Crippen LogP contribution is 2.51. The van der Waals surface area contributed by atoms with Crippen LogP contribution in [0.15, 0.2) is 11.6 Å². The molecule has 0 N–H and O–H groups in total. The molecule has 2 fully saturated rings. The molecule has 1 aliphatic heterocycles. The number of hydrogen-bond acceptors (Lipinski definition) is 3. The summed E-state index contributed by atoms with van der Waals surface area (Å²) in [4.78, 5) is 0. The molecule has 28 heavy (non-hydrogen) atoms. The summed E-state index contributed by atoms with van der Waals surface area (Å²) in [7, 11) is 0. The van der Waals surface area contributed by atoms with Crippen molar-refractivity contribution in [2.75, 3.05) is 19.0 Å². The normalized spacial score (nSPS) is 23.9. The van der Waals surface area contributed by atoms with Gasteiger partial charge in [-0.05, 0) is 52.7 Å². The highest BCUT2D eigenvalue weighted by atomic mass is 32.1. The molecule has 2 aliphatic rings. The summed E-state index contributed by atoms with van der Waals surface area (Å²) in [5.74, 6) is 1.63. The van der Waals surface area contributed by atoms with Crippen LogP contribution in [0, 0.1) is 5.92 Å². The second-order valence-corrected chi connectivity index (χ2v) is 9.99. The third kappa shape index (κ3) is 10.2. The summed E-state index contributed by atoms with van der Waals surface area (Å²) in [6.45, 7) is 12.6. The Bertz CT molecular complexity index is 414. The molecule has 1 saturated heterocycles. The van der Waals surface area contributed by atoms with Gasteiger partial charge in [-0.25, -0.2) is 0 Å². The maximum Gasteiger partial charge on any atom is 0.0971 e. The van der Waals surface area contributed by atoms with E-state index in [1.165, 1.54) is 82.6 Å². The molecule has 0 bridgehead atoms. The highest BCUT2D eigenvalue weighted by Gasteiger charge is 2.57. The fourth-order valence-corrected chi connectivity index (χ4v) is 4.62. The van der Waals surface area contributed by atoms with E-state index >= 15 is 0 Å². The summed E-state index contributed by atoms with van der Waals surface area (Å²) in [6, 6.07) is 0. The van der Waals surface area contributed by atoms with Crippen molar-refractivity contribution in [3.63, 3.8) is 0 Å². The van der Waals surface area contributed by atoms with Crippen LogP contribution in [-0.4, -0.2) is 30.2 Å². The Morgan fingerprint density at radius 1 is 1.07 bits per heavy atom. The summed E-state index contributed by atoms with van der Waals surface area (Å²) < 4.78 is 11.9. The molecule has 0 aromatic carbocycles. The van der Waals surface area contributed by atoms with Crippen molar-refractivity contribution in [2.24, 2.45) is 5.92 Å². The van der Waals surface area contributed by atoms with Gasteiger partial charge >= 0.3 is 0 Å². The average Bonchev–Trinajstić information content (AvgIpc) is 3.40. The van der Waals surface area contributed by atoms with E-state index in [1.807, 2.05) is 0 Å². The van der Waals surface area contributed by atoms with E-state index in [4.69, 9.17) is 9.47 Å². The largest absolute Gasteiger partial charge is 0.371 e. The SMILES string of the molecule is CC(C)=CCOC(C)(C)C1CCCCC12CO2.CCCCCCCCCCS. The van der Waals surface area contributed by atoms with Gasteiger partial charge in [0.25, 0.3) is 0 Å². The third-order valence-electron chi connectivity index (χ3n) is 6.29. The van der Waals surface area contributed by atoms with Gasteiger partial charge in [-0.3, -0.25) is 0 Å². The van der Waals surface area contributed by atoms with Gasteiger partial charge in [0.2, 0.25) is 0 Å². The highest BCUT2D eigenvalue weighted by molar-refractivity contribution is 7.80. The topological polar surface area (TPSA) is 21.8 Å². The van der Waals surface area contributed by atoms with Crippen molar-refractivity contribution >= 4 is 12.6 Å². The van der Waals surface area contributed by atoms with Gasteiger partial charge in [-0.15, -0.1) is 0 Å². The molecule has 0 aromatic heterocycles. The second kappa shape index (κ2) is 14.1. The molecule has 0 amide bonds. The zero-order chi connectivity index (χ0) is 20.9. The van der Waals surface area contributed by atoms with Gasteiger partial charge in [-0.1, -0.05) is 76.4 Å². The average molecular weight is 413 g/mol. The van der Waals surface area contributed by atoms with Crippen LogP contribution in [0.5, 0.6) is 0 Å². The number of rotatable bonds is 12. The Morgan fingerprint density at radius 3 is 2.21 bits per heavy atom. The predicted octanol–water partition coefficient (Wildman–Crippen LogP) is 7.76. The van der Waals surface area contributed by atoms with Crippen molar-refractivity contribution in [3.8, 4) is 0 Å². The van der Waals surface area contributed by atoms with Crippen molar-refractivity contribution in [2.45, 2.75) is 123 Å². The van der Waals surface area contributed by atoms with E-state index in [2.05, 4.69) is 53.3 Å². The quantitative estimate of drug-likeness (QED) is 0.153. The first-order chi connectivity index (χ1) is 13.4. The Kier molecular flexibility index (Phi) is 13.1. The molecule has 1 aliphatic carbocycles. The maximum absolute atomic E-state index is 6.10. The van der Waals surface area contributed by atoms with Crippen LogP contribution in [0.1, 0.15) is 112 Å². The summed E-state index contributed by atoms with van der Waals surface area (Å²) in [5, 5.41) is 0. The molecule has 2 atom stereocenters. The zero-order valence-electron chi connectivity index (χ0n) is 19.5. The van der Waals surface area contributed by atoms with Crippen LogP contribution in [-0.2, 0) is 9.47 Å². The van der Waals surface area contributed by atoms with Crippen LogP contribution < -0.4 is 0 Å². The predicted molar refractivity (Wildman–Crippen MR) is 127 cm³/mol. The first kappa shape index (κ1) is 26.0. The lowest BCUT2D eigenvalue weighted by Crippen LogP contribution is -2.45. The van der Waals surface area contributed by atoms with Gasteiger partial charge in [0.1, 0.15) is 0 Å². The molecule has 2 rings (SSSR count). The van der Waals surface area contributed by atoms with Gasteiger partial charge < -0.3 is 9.47 Å². The second-order valence-electron chi connectivity index (χ2n) is 9.55. The minimum Gasteiger partial charge on any atom is -0.371 e. The van der Waals surface area contributed by atoms with Crippen LogP contribution in [0.3, 0.4) is 0 Å². The minimum atomic E-state index is -0.0666. The molecule has 0 radical (unpaired) electrons. The van der Waals surface area contributed by atoms with Gasteiger partial charge in [0, 0.05) is 5.92 Å². The molecule has 2 unspecified atom stereocenters. The van der Waals surface area contributed by atoms with E-state index in [-0.39, 0.29) is 11.2 Å². The lowest BCUT2D eigenvalue weighted by molar-refractivity contribution is -0.0842. The molecular formula is C25H48O2S. The molecule has 166 valence electrons. The van der Waals surface area contributed by atoms with Crippen LogP contribution in [0.25, 0.3) is 0 Å². The number of epoxide rings is 1. The first-order valence-electron chi connectivity index (χ1n) is 11.9. The number of unbranched alkanes of at least 4 members (excludes halogenated alkanes) is 7. The molecule has 0 aromatic rings. The van der Waals surface area contributed by atoms with Gasteiger partial charge in [-0.2, -0.15) is 12.6 Å². The molecule has 1 saturated carbocycles. The Morgan fingerprint density at radius 2 is 1.68 bits per heavy atom. The first-order valence-corrected chi connectivity index (χ1v) is 12.5. The Labute approximate surface area is 181 Å². The van der Waals surface area contributed by atoms with Gasteiger partial charge in [0.15, 0.2) is 0 Å².